The van der Waals surface area contributed by atoms with Crippen LogP contribution in [0.2, 0.25) is 5.15 Å². The van der Waals surface area contributed by atoms with Crippen molar-refractivity contribution < 1.29 is 4.33 Å². The number of hydrogen-bond acceptors (Lipinski definition) is 0. The van der Waals surface area contributed by atoms with Crippen LogP contribution < -0.4 is 4.33 Å². The smallest absolute Gasteiger partial charge is 0.209 e. The minimum absolute atomic E-state index is 0.0785. The van der Waals surface area contributed by atoms with Crippen LogP contribution in [-0.2, 0) is 11.1 Å². The van der Waals surface area contributed by atoms with Crippen molar-refractivity contribution in [2.75, 3.05) is 0 Å². The standard InChI is InChI=1S/C10H19ClN2P/c1-9(2,3)12-7-8(11)13(14-12)10(4,5)6/h7H,1-6H3/q+1. The van der Waals surface area contributed by atoms with Gasteiger partial charge in [-0.25, -0.2) is 4.33 Å². The summed E-state index contributed by atoms with van der Waals surface area (Å²) in [4.78, 5) is 0. The van der Waals surface area contributed by atoms with Gasteiger partial charge in [0, 0.05) is 0 Å². The van der Waals surface area contributed by atoms with Gasteiger partial charge in [0.15, 0.2) is 6.20 Å². The van der Waals surface area contributed by atoms with E-state index < -0.39 is 0 Å². The van der Waals surface area contributed by atoms with E-state index in [0.29, 0.717) is 0 Å². The molecule has 4 heteroatoms. The topological polar surface area (TPSA) is 8.81 Å². The molecule has 0 atom stereocenters. The molecular weight excluding hydrogens is 215 g/mol. The van der Waals surface area contributed by atoms with Crippen LogP contribution in [0.3, 0.4) is 0 Å². The Kier molecular flexibility index (Phi) is 3.00. The molecule has 0 unspecified atom stereocenters. The van der Waals surface area contributed by atoms with Crippen LogP contribution in [0.4, 0.5) is 0 Å². The fraction of sp³-hybridized carbons (Fsp3) is 0.800. The molecule has 0 aromatic carbocycles. The highest BCUT2D eigenvalue weighted by atomic mass is 35.5. The van der Waals surface area contributed by atoms with Crippen LogP contribution in [0.25, 0.3) is 0 Å². The summed E-state index contributed by atoms with van der Waals surface area (Å²) in [5.74, 6) is 0. The third-order valence-corrected chi connectivity index (χ3v) is 4.23. The number of hydrogen-bond donors (Lipinski definition) is 0. The van der Waals surface area contributed by atoms with Gasteiger partial charge in [-0.05, 0) is 53.1 Å². The van der Waals surface area contributed by atoms with Crippen molar-refractivity contribution >= 4 is 20.1 Å². The van der Waals surface area contributed by atoms with Crippen molar-refractivity contribution in [1.29, 1.82) is 0 Å². The minimum atomic E-state index is 0.0785. The molecule has 0 bridgehead atoms. The number of halogens is 1. The summed E-state index contributed by atoms with van der Waals surface area (Å²) in [5.41, 5.74) is 0.205. The molecule has 1 rings (SSSR count). The first-order chi connectivity index (χ1) is 6.12. The maximum absolute atomic E-state index is 6.20. The zero-order chi connectivity index (χ0) is 11.1. The Morgan fingerprint density at radius 2 is 1.71 bits per heavy atom. The van der Waals surface area contributed by atoms with Crippen molar-refractivity contribution in [1.82, 2.24) is 4.33 Å². The minimum Gasteiger partial charge on any atom is -0.209 e. The summed E-state index contributed by atoms with van der Waals surface area (Å²) in [7, 11) is 1.15. The fourth-order valence-electron chi connectivity index (χ4n) is 1.10. The Labute approximate surface area is 93.1 Å². The third-order valence-electron chi connectivity index (χ3n) is 1.94. The van der Waals surface area contributed by atoms with E-state index in [4.69, 9.17) is 11.6 Å². The van der Waals surface area contributed by atoms with Gasteiger partial charge in [-0.15, -0.1) is 0 Å². The maximum atomic E-state index is 6.20. The highest BCUT2D eigenvalue weighted by molar-refractivity contribution is 7.17. The highest BCUT2D eigenvalue weighted by Crippen LogP contribution is 2.26. The summed E-state index contributed by atoms with van der Waals surface area (Å²) in [6.45, 7) is 13.1. The van der Waals surface area contributed by atoms with E-state index in [1.54, 1.807) is 0 Å². The molecule has 80 valence electrons. The van der Waals surface area contributed by atoms with Gasteiger partial charge in [0.05, 0.1) is 0 Å². The van der Waals surface area contributed by atoms with Crippen molar-refractivity contribution in [3.05, 3.63) is 11.3 Å². The van der Waals surface area contributed by atoms with Crippen LogP contribution in [-0.4, -0.2) is 4.33 Å². The lowest BCUT2D eigenvalue weighted by molar-refractivity contribution is -0.690. The number of aromatic nitrogens is 2. The van der Waals surface area contributed by atoms with Crippen LogP contribution in [0.1, 0.15) is 41.5 Å². The fourth-order valence-corrected chi connectivity index (χ4v) is 2.65. The molecule has 0 spiro atoms. The van der Waals surface area contributed by atoms with Gasteiger partial charge in [-0.2, -0.15) is 4.33 Å². The maximum Gasteiger partial charge on any atom is 0.348 e. The quantitative estimate of drug-likeness (QED) is 0.648. The summed E-state index contributed by atoms with van der Waals surface area (Å²) in [5, 5.41) is 0.828. The van der Waals surface area contributed by atoms with Crippen molar-refractivity contribution in [2.45, 2.75) is 52.6 Å². The molecule has 0 aliphatic heterocycles. The van der Waals surface area contributed by atoms with Gasteiger partial charge in [0.25, 0.3) is 0 Å². The molecule has 0 radical (unpaired) electrons. The normalized spacial score (nSPS) is 13.9. The van der Waals surface area contributed by atoms with E-state index in [9.17, 15) is 0 Å². The van der Waals surface area contributed by atoms with Crippen LogP contribution >= 0.6 is 20.1 Å². The predicted molar refractivity (Wildman–Crippen MR) is 62.1 cm³/mol. The first-order valence-electron chi connectivity index (χ1n) is 4.81. The molecule has 0 aliphatic carbocycles. The van der Waals surface area contributed by atoms with Gasteiger partial charge in [-0.1, -0.05) is 0 Å². The van der Waals surface area contributed by atoms with Crippen molar-refractivity contribution in [3.63, 3.8) is 0 Å². The molecule has 1 heterocycles. The molecular formula is C10H19ClN2P+. The third kappa shape index (κ3) is 2.49. The highest BCUT2D eigenvalue weighted by Gasteiger charge is 2.29. The SMILES string of the molecule is CC(C)(C)n1p[n+](C(C)(C)C)cc1Cl. The average molecular weight is 234 g/mol. The number of rotatable bonds is 0. The van der Waals surface area contributed by atoms with E-state index in [2.05, 4.69) is 50.2 Å². The van der Waals surface area contributed by atoms with Crippen LogP contribution in [0.15, 0.2) is 6.20 Å². The first-order valence-corrected chi connectivity index (χ1v) is 5.98. The van der Waals surface area contributed by atoms with E-state index in [1.165, 1.54) is 0 Å². The first kappa shape index (κ1) is 12.0. The van der Waals surface area contributed by atoms with E-state index in [0.717, 1.165) is 13.7 Å². The zero-order valence-electron chi connectivity index (χ0n) is 9.80. The summed E-state index contributed by atoms with van der Waals surface area (Å²) >= 11 is 6.20. The Morgan fingerprint density at radius 1 is 1.21 bits per heavy atom. The lowest BCUT2D eigenvalue weighted by Gasteiger charge is -2.15. The van der Waals surface area contributed by atoms with Gasteiger partial charge in [0.2, 0.25) is 5.15 Å². The second-order valence-corrected chi connectivity index (χ2v) is 6.94. The van der Waals surface area contributed by atoms with Crippen LogP contribution in [0, 0.1) is 0 Å². The second kappa shape index (κ2) is 3.50. The zero-order valence-corrected chi connectivity index (χ0v) is 11.4. The van der Waals surface area contributed by atoms with Gasteiger partial charge >= 0.3 is 8.51 Å². The predicted octanol–water partition coefficient (Wildman–Crippen LogP) is 3.52. The van der Waals surface area contributed by atoms with Crippen molar-refractivity contribution in [3.8, 4) is 0 Å². The number of nitrogens with zero attached hydrogens (tertiary/aromatic N) is 2. The Hall–Kier alpha value is -0.0700. The Bertz CT molecular complexity index is 331. The molecule has 0 fully saturated rings. The lowest BCUT2D eigenvalue weighted by atomic mass is 10.1. The second-order valence-electron chi connectivity index (χ2n) is 5.54. The van der Waals surface area contributed by atoms with E-state index in [1.807, 2.05) is 6.20 Å². The molecule has 0 aliphatic rings. The summed E-state index contributed by atoms with van der Waals surface area (Å²) in [6.07, 6.45) is 2.02. The molecule has 1 aromatic heterocycles. The van der Waals surface area contributed by atoms with Gasteiger partial charge < -0.3 is 0 Å². The molecule has 0 saturated heterocycles. The van der Waals surface area contributed by atoms with Gasteiger partial charge in [-0.3, -0.25) is 0 Å². The van der Waals surface area contributed by atoms with E-state index >= 15 is 0 Å². The molecule has 2 nitrogen and oxygen atoms in total. The monoisotopic (exact) mass is 233 g/mol. The Morgan fingerprint density at radius 3 is 1.93 bits per heavy atom. The summed E-state index contributed by atoms with van der Waals surface area (Å²) in [6, 6.07) is 0. The van der Waals surface area contributed by atoms with Crippen molar-refractivity contribution in [2.24, 2.45) is 0 Å². The van der Waals surface area contributed by atoms with E-state index in [-0.39, 0.29) is 11.1 Å². The lowest BCUT2D eigenvalue weighted by Crippen LogP contribution is -2.45. The largest absolute Gasteiger partial charge is 0.348 e. The van der Waals surface area contributed by atoms with Crippen LogP contribution in [0.5, 0.6) is 0 Å². The molecule has 0 N–H and O–H groups in total. The molecule has 0 saturated carbocycles. The Balaban J connectivity index is 3.19. The molecule has 1 aromatic rings. The van der Waals surface area contributed by atoms with Gasteiger partial charge in [0.1, 0.15) is 11.1 Å². The molecule has 14 heavy (non-hydrogen) atoms. The summed E-state index contributed by atoms with van der Waals surface area (Å²) < 4.78 is 4.42. The molecule has 0 amide bonds. The average Bonchev–Trinajstić information content (AvgIpc) is 2.27.